The standard InChI is InChI=1S/C12H14N2O2/c15-8-2-4-10-3-1-5-11(9-10)14-7-6-12(16)13-14/h1,3,5,8-9H,2,4,6-7H2,(H,13,16). The highest BCUT2D eigenvalue weighted by atomic mass is 16.2. The number of benzene rings is 1. The Morgan fingerprint density at radius 1 is 1.44 bits per heavy atom. The average Bonchev–Trinajstić information content (AvgIpc) is 2.74. The lowest BCUT2D eigenvalue weighted by Crippen LogP contribution is -2.32. The first-order valence-corrected chi connectivity index (χ1v) is 5.39. The monoisotopic (exact) mass is 218 g/mol. The molecular formula is C12H14N2O2. The number of nitrogens with one attached hydrogen (secondary N) is 1. The Morgan fingerprint density at radius 3 is 3.00 bits per heavy atom. The number of hydrogen-bond donors (Lipinski definition) is 1. The van der Waals surface area contributed by atoms with Gasteiger partial charge in [0.25, 0.3) is 0 Å². The minimum atomic E-state index is 0.0540. The number of rotatable bonds is 4. The van der Waals surface area contributed by atoms with Gasteiger partial charge in [-0.1, -0.05) is 12.1 Å². The molecule has 0 aliphatic carbocycles. The summed E-state index contributed by atoms with van der Waals surface area (Å²) in [6, 6.07) is 7.90. The van der Waals surface area contributed by atoms with Crippen LogP contribution in [0, 0.1) is 0 Å². The molecule has 0 bridgehead atoms. The van der Waals surface area contributed by atoms with E-state index in [2.05, 4.69) is 5.43 Å². The molecule has 1 fully saturated rings. The van der Waals surface area contributed by atoms with Gasteiger partial charge in [-0.2, -0.15) is 0 Å². The second-order valence-electron chi connectivity index (χ2n) is 3.81. The van der Waals surface area contributed by atoms with Crippen LogP contribution in [-0.4, -0.2) is 18.7 Å². The smallest absolute Gasteiger partial charge is 0.240 e. The summed E-state index contributed by atoms with van der Waals surface area (Å²) in [6.45, 7) is 0.704. The Morgan fingerprint density at radius 2 is 2.31 bits per heavy atom. The third kappa shape index (κ3) is 2.39. The van der Waals surface area contributed by atoms with Crippen molar-refractivity contribution in [1.29, 1.82) is 0 Å². The number of aldehydes is 1. The Balaban J connectivity index is 2.09. The summed E-state index contributed by atoms with van der Waals surface area (Å²) in [5.74, 6) is 0.0540. The number of amides is 1. The molecule has 4 nitrogen and oxygen atoms in total. The van der Waals surface area contributed by atoms with Crippen molar-refractivity contribution in [3.05, 3.63) is 29.8 Å². The van der Waals surface area contributed by atoms with Crippen molar-refractivity contribution in [1.82, 2.24) is 5.43 Å². The average molecular weight is 218 g/mol. The van der Waals surface area contributed by atoms with Gasteiger partial charge in [0, 0.05) is 19.4 Å². The van der Waals surface area contributed by atoms with Crippen LogP contribution in [0.1, 0.15) is 18.4 Å². The maximum atomic E-state index is 11.1. The molecule has 1 heterocycles. The summed E-state index contributed by atoms with van der Waals surface area (Å²) < 4.78 is 0. The highest BCUT2D eigenvalue weighted by Crippen LogP contribution is 2.18. The highest BCUT2D eigenvalue weighted by molar-refractivity contribution is 5.81. The zero-order valence-electron chi connectivity index (χ0n) is 8.98. The Labute approximate surface area is 94.2 Å². The van der Waals surface area contributed by atoms with Crippen molar-refractivity contribution >= 4 is 17.9 Å². The third-order valence-electron chi connectivity index (χ3n) is 2.60. The van der Waals surface area contributed by atoms with E-state index >= 15 is 0 Å². The van der Waals surface area contributed by atoms with Crippen LogP contribution >= 0.6 is 0 Å². The normalized spacial score (nSPS) is 15.0. The van der Waals surface area contributed by atoms with E-state index in [1.807, 2.05) is 29.3 Å². The second-order valence-corrected chi connectivity index (χ2v) is 3.81. The lowest BCUT2D eigenvalue weighted by molar-refractivity contribution is -0.119. The molecule has 1 N–H and O–H groups in total. The fourth-order valence-corrected chi connectivity index (χ4v) is 1.77. The number of aryl methyl sites for hydroxylation is 1. The van der Waals surface area contributed by atoms with E-state index in [4.69, 9.17) is 0 Å². The number of carbonyl (C=O) groups excluding carboxylic acids is 2. The zero-order chi connectivity index (χ0) is 11.4. The minimum absolute atomic E-state index is 0.0540. The van der Waals surface area contributed by atoms with E-state index in [9.17, 15) is 9.59 Å². The van der Waals surface area contributed by atoms with E-state index in [1.54, 1.807) is 0 Å². The number of nitrogens with zero attached hydrogens (tertiary/aromatic N) is 1. The van der Waals surface area contributed by atoms with Crippen molar-refractivity contribution < 1.29 is 9.59 Å². The topological polar surface area (TPSA) is 49.4 Å². The van der Waals surface area contributed by atoms with Crippen molar-refractivity contribution in [3.8, 4) is 0 Å². The van der Waals surface area contributed by atoms with Gasteiger partial charge in [-0.3, -0.25) is 15.2 Å². The molecule has 0 spiro atoms. The number of hydrazine groups is 1. The molecule has 1 aliphatic heterocycles. The van der Waals surface area contributed by atoms with E-state index in [-0.39, 0.29) is 5.91 Å². The van der Waals surface area contributed by atoms with Crippen molar-refractivity contribution in [2.45, 2.75) is 19.3 Å². The first kappa shape index (κ1) is 10.7. The largest absolute Gasteiger partial charge is 0.303 e. The van der Waals surface area contributed by atoms with Gasteiger partial charge in [-0.05, 0) is 24.1 Å². The Kier molecular flexibility index (Phi) is 3.19. The summed E-state index contributed by atoms with van der Waals surface area (Å²) in [5.41, 5.74) is 4.88. The molecule has 2 rings (SSSR count). The fraction of sp³-hybridized carbons (Fsp3) is 0.333. The third-order valence-corrected chi connectivity index (χ3v) is 2.60. The zero-order valence-corrected chi connectivity index (χ0v) is 8.98. The maximum absolute atomic E-state index is 11.1. The quantitative estimate of drug-likeness (QED) is 0.769. The second kappa shape index (κ2) is 4.79. The van der Waals surface area contributed by atoms with Crippen molar-refractivity contribution in [2.24, 2.45) is 0 Å². The van der Waals surface area contributed by atoms with Crippen molar-refractivity contribution in [3.63, 3.8) is 0 Å². The summed E-state index contributed by atoms with van der Waals surface area (Å²) in [7, 11) is 0. The Bertz CT molecular complexity index is 404. The predicted octanol–water partition coefficient (Wildman–Crippen LogP) is 1.06. The van der Waals surface area contributed by atoms with Gasteiger partial charge < -0.3 is 4.79 Å². The van der Waals surface area contributed by atoms with Gasteiger partial charge >= 0.3 is 0 Å². The summed E-state index contributed by atoms with van der Waals surface area (Å²) in [4.78, 5) is 21.4. The first-order valence-electron chi connectivity index (χ1n) is 5.39. The molecule has 16 heavy (non-hydrogen) atoms. The van der Waals surface area contributed by atoms with Gasteiger partial charge in [0.2, 0.25) is 5.91 Å². The molecule has 0 saturated carbocycles. The highest BCUT2D eigenvalue weighted by Gasteiger charge is 2.18. The lowest BCUT2D eigenvalue weighted by atomic mass is 10.1. The van der Waals surface area contributed by atoms with Crippen LogP contribution in [-0.2, 0) is 16.0 Å². The van der Waals surface area contributed by atoms with Crippen LogP contribution in [0.3, 0.4) is 0 Å². The van der Waals surface area contributed by atoms with Crippen LogP contribution in [0.25, 0.3) is 0 Å². The number of hydrogen-bond acceptors (Lipinski definition) is 3. The predicted molar refractivity (Wildman–Crippen MR) is 60.9 cm³/mol. The Hall–Kier alpha value is -1.84. The lowest BCUT2D eigenvalue weighted by Gasteiger charge is -2.17. The van der Waals surface area contributed by atoms with Crippen LogP contribution in [0.5, 0.6) is 0 Å². The molecule has 0 unspecified atom stereocenters. The maximum Gasteiger partial charge on any atom is 0.240 e. The fourth-order valence-electron chi connectivity index (χ4n) is 1.77. The summed E-state index contributed by atoms with van der Waals surface area (Å²) >= 11 is 0. The van der Waals surface area contributed by atoms with E-state index in [1.165, 1.54) is 0 Å². The van der Waals surface area contributed by atoms with E-state index < -0.39 is 0 Å². The molecule has 0 radical (unpaired) electrons. The molecule has 1 saturated heterocycles. The first-order chi connectivity index (χ1) is 7.79. The molecule has 1 amide bonds. The molecule has 84 valence electrons. The van der Waals surface area contributed by atoms with E-state index in [0.29, 0.717) is 19.4 Å². The van der Waals surface area contributed by atoms with Crippen LogP contribution in [0.2, 0.25) is 0 Å². The SMILES string of the molecule is O=CCCc1cccc(N2CCC(=O)N2)c1. The van der Waals surface area contributed by atoms with Crippen LogP contribution in [0.4, 0.5) is 5.69 Å². The van der Waals surface area contributed by atoms with E-state index in [0.717, 1.165) is 24.0 Å². The van der Waals surface area contributed by atoms with Crippen molar-refractivity contribution in [2.75, 3.05) is 11.6 Å². The molecular weight excluding hydrogens is 204 g/mol. The number of anilines is 1. The van der Waals surface area contributed by atoms with Gasteiger partial charge in [0.15, 0.2) is 0 Å². The van der Waals surface area contributed by atoms with Crippen LogP contribution in [0.15, 0.2) is 24.3 Å². The molecule has 0 aromatic heterocycles. The van der Waals surface area contributed by atoms with Crippen LogP contribution < -0.4 is 10.4 Å². The van der Waals surface area contributed by atoms with Gasteiger partial charge in [0.1, 0.15) is 6.29 Å². The summed E-state index contributed by atoms with van der Waals surface area (Å²) in [6.07, 6.45) is 2.75. The minimum Gasteiger partial charge on any atom is -0.303 e. The molecule has 1 aromatic rings. The molecule has 4 heteroatoms. The van der Waals surface area contributed by atoms with Gasteiger partial charge in [-0.15, -0.1) is 0 Å². The molecule has 1 aliphatic rings. The summed E-state index contributed by atoms with van der Waals surface area (Å²) in [5, 5.41) is 1.84. The number of carbonyl (C=O) groups is 2. The van der Waals surface area contributed by atoms with Gasteiger partial charge in [0.05, 0.1) is 5.69 Å². The molecule has 1 aromatic carbocycles. The van der Waals surface area contributed by atoms with Gasteiger partial charge in [-0.25, -0.2) is 0 Å². The molecule has 0 atom stereocenters.